The summed E-state index contributed by atoms with van der Waals surface area (Å²) in [6, 6.07) is 12.1. The Hall–Kier alpha value is -1.43. The number of hydrogen-bond acceptors (Lipinski definition) is 3. The van der Waals surface area contributed by atoms with E-state index >= 15 is 0 Å². The third-order valence-electron chi connectivity index (χ3n) is 3.34. The summed E-state index contributed by atoms with van der Waals surface area (Å²) < 4.78 is 27.2. The van der Waals surface area contributed by atoms with Gasteiger partial charge >= 0.3 is 0 Å². The van der Waals surface area contributed by atoms with Crippen LogP contribution in [0.5, 0.6) is 0 Å². The van der Waals surface area contributed by atoms with Gasteiger partial charge in [0.15, 0.2) is 0 Å². The normalized spacial score (nSPS) is 13.8. The largest absolute Gasteiger partial charge is 0.395 e. The average Bonchev–Trinajstić information content (AvgIpc) is 2.44. The van der Waals surface area contributed by atoms with Crippen LogP contribution in [0, 0.1) is 5.92 Å². The molecular formula is C15H19NO3S. The molecule has 0 aliphatic carbocycles. The van der Waals surface area contributed by atoms with E-state index in [-0.39, 0.29) is 17.4 Å². The number of sulfonamides is 1. The van der Waals surface area contributed by atoms with Gasteiger partial charge in [-0.25, -0.2) is 13.1 Å². The molecule has 4 nitrogen and oxygen atoms in total. The van der Waals surface area contributed by atoms with Gasteiger partial charge in [-0.2, -0.15) is 0 Å². The lowest BCUT2D eigenvalue weighted by Crippen LogP contribution is -2.41. The highest BCUT2D eigenvalue weighted by molar-refractivity contribution is 7.89. The molecule has 108 valence electrons. The van der Waals surface area contributed by atoms with Gasteiger partial charge in [0.05, 0.1) is 11.5 Å². The van der Waals surface area contributed by atoms with Crippen LogP contribution in [-0.2, 0) is 10.0 Å². The lowest BCUT2D eigenvalue weighted by molar-refractivity contribution is 0.227. The van der Waals surface area contributed by atoms with E-state index in [4.69, 9.17) is 0 Å². The molecule has 5 heteroatoms. The highest BCUT2D eigenvalue weighted by Gasteiger charge is 2.21. The molecule has 0 fully saturated rings. The molecule has 2 aromatic carbocycles. The van der Waals surface area contributed by atoms with E-state index in [1.54, 1.807) is 18.2 Å². The molecule has 0 spiro atoms. The van der Waals surface area contributed by atoms with Crippen LogP contribution >= 0.6 is 0 Å². The molecule has 2 rings (SSSR count). The minimum atomic E-state index is -3.62. The molecule has 0 aliphatic rings. The van der Waals surface area contributed by atoms with E-state index in [9.17, 15) is 13.5 Å². The van der Waals surface area contributed by atoms with Gasteiger partial charge in [0.25, 0.3) is 0 Å². The Bertz CT molecular complexity index is 695. The molecule has 0 radical (unpaired) electrons. The van der Waals surface area contributed by atoms with Crippen LogP contribution in [0.2, 0.25) is 0 Å². The maximum absolute atomic E-state index is 12.3. The Morgan fingerprint density at radius 3 is 2.35 bits per heavy atom. The van der Waals surface area contributed by atoms with Crippen molar-refractivity contribution in [1.29, 1.82) is 0 Å². The molecule has 20 heavy (non-hydrogen) atoms. The second kappa shape index (κ2) is 5.91. The second-order valence-corrected chi connectivity index (χ2v) is 6.88. The van der Waals surface area contributed by atoms with Gasteiger partial charge < -0.3 is 5.11 Å². The van der Waals surface area contributed by atoms with E-state index in [0.29, 0.717) is 0 Å². The molecular weight excluding hydrogens is 274 g/mol. The van der Waals surface area contributed by atoms with E-state index in [1.165, 1.54) is 0 Å². The number of rotatable bonds is 5. The molecule has 0 amide bonds. The van der Waals surface area contributed by atoms with E-state index < -0.39 is 16.1 Å². The van der Waals surface area contributed by atoms with E-state index in [0.717, 1.165) is 10.8 Å². The Morgan fingerprint density at radius 1 is 1.10 bits per heavy atom. The zero-order chi connectivity index (χ0) is 14.8. The lowest BCUT2D eigenvalue weighted by Gasteiger charge is -2.20. The van der Waals surface area contributed by atoms with Crippen LogP contribution < -0.4 is 4.72 Å². The van der Waals surface area contributed by atoms with Gasteiger partial charge in [0, 0.05) is 6.04 Å². The van der Waals surface area contributed by atoms with Gasteiger partial charge in [-0.15, -0.1) is 0 Å². The van der Waals surface area contributed by atoms with Crippen molar-refractivity contribution in [1.82, 2.24) is 4.72 Å². The fourth-order valence-corrected chi connectivity index (χ4v) is 3.40. The zero-order valence-electron chi connectivity index (χ0n) is 11.6. The quantitative estimate of drug-likeness (QED) is 0.887. The maximum Gasteiger partial charge on any atom is 0.240 e. The first-order chi connectivity index (χ1) is 9.44. The van der Waals surface area contributed by atoms with Crippen molar-refractivity contribution in [3.8, 4) is 0 Å². The number of benzene rings is 2. The zero-order valence-corrected chi connectivity index (χ0v) is 12.4. The predicted molar refractivity (Wildman–Crippen MR) is 80.0 cm³/mol. The summed E-state index contributed by atoms with van der Waals surface area (Å²) in [7, 11) is -3.62. The molecule has 2 aromatic rings. The van der Waals surface area contributed by atoms with Crippen molar-refractivity contribution in [2.24, 2.45) is 5.92 Å². The molecule has 2 N–H and O–H groups in total. The van der Waals surface area contributed by atoms with Crippen molar-refractivity contribution in [2.45, 2.75) is 24.8 Å². The number of fused-ring (bicyclic) bond motifs is 1. The van der Waals surface area contributed by atoms with Crippen LogP contribution in [0.25, 0.3) is 10.8 Å². The minimum Gasteiger partial charge on any atom is -0.395 e. The number of aliphatic hydroxyl groups is 1. The molecule has 1 unspecified atom stereocenters. The lowest BCUT2D eigenvalue weighted by atomic mass is 10.1. The Kier molecular flexibility index (Phi) is 4.42. The monoisotopic (exact) mass is 293 g/mol. The predicted octanol–water partition coefficient (Wildman–Crippen LogP) is 2.13. The molecule has 0 aromatic heterocycles. The van der Waals surface area contributed by atoms with Crippen LogP contribution in [-0.4, -0.2) is 26.2 Å². The van der Waals surface area contributed by atoms with E-state index in [1.807, 2.05) is 38.1 Å². The summed E-state index contributed by atoms with van der Waals surface area (Å²) in [4.78, 5) is 0.218. The molecule has 0 aliphatic heterocycles. The van der Waals surface area contributed by atoms with Gasteiger partial charge in [0.2, 0.25) is 10.0 Å². The first-order valence-electron chi connectivity index (χ1n) is 6.56. The smallest absolute Gasteiger partial charge is 0.240 e. The molecule has 0 heterocycles. The van der Waals surface area contributed by atoms with Crippen molar-refractivity contribution in [3.05, 3.63) is 42.5 Å². The van der Waals surface area contributed by atoms with Crippen LogP contribution in [0.4, 0.5) is 0 Å². The summed E-state index contributed by atoms with van der Waals surface area (Å²) in [5, 5.41) is 11.1. The van der Waals surface area contributed by atoms with Crippen molar-refractivity contribution >= 4 is 20.8 Å². The highest BCUT2D eigenvalue weighted by Crippen LogP contribution is 2.19. The van der Waals surface area contributed by atoms with Crippen molar-refractivity contribution in [2.75, 3.05) is 6.61 Å². The summed E-state index contributed by atoms with van der Waals surface area (Å²) in [6.45, 7) is 3.51. The third kappa shape index (κ3) is 3.17. The van der Waals surface area contributed by atoms with Gasteiger partial charge in [0.1, 0.15) is 0 Å². The number of aliphatic hydroxyl groups excluding tert-OH is 1. The SMILES string of the molecule is CC(C)C(CO)NS(=O)(=O)c1ccc2ccccc2c1. The van der Waals surface area contributed by atoms with Crippen molar-refractivity contribution < 1.29 is 13.5 Å². The third-order valence-corrected chi connectivity index (χ3v) is 4.83. The Balaban J connectivity index is 2.36. The Labute approximate surface area is 119 Å². The first kappa shape index (κ1) is 15.0. The van der Waals surface area contributed by atoms with Gasteiger partial charge in [-0.05, 0) is 28.8 Å². The fourth-order valence-electron chi connectivity index (χ4n) is 1.99. The summed E-state index contributed by atoms with van der Waals surface area (Å²) >= 11 is 0. The number of nitrogens with one attached hydrogen (secondary N) is 1. The summed E-state index contributed by atoms with van der Waals surface area (Å²) in [6.07, 6.45) is 0. The Morgan fingerprint density at radius 2 is 1.75 bits per heavy atom. The van der Waals surface area contributed by atoms with Gasteiger partial charge in [-0.1, -0.05) is 44.2 Å². The van der Waals surface area contributed by atoms with Crippen LogP contribution in [0.3, 0.4) is 0 Å². The maximum atomic E-state index is 12.3. The second-order valence-electron chi connectivity index (χ2n) is 5.16. The topological polar surface area (TPSA) is 66.4 Å². The molecule has 0 saturated heterocycles. The average molecular weight is 293 g/mol. The molecule has 0 bridgehead atoms. The summed E-state index contributed by atoms with van der Waals surface area (Å²) in [5.74, 6) is 0.0234. The van der Waals surface area contributed by atoms with Crippen LogP contribution in [0.1, 0.15) is 13.8 Å². The van der Waals surface area contributed by atoms with Crippen molar-refractivity contribution in [3.63, 3.8) is 0 Å². The van der Waals surface area contributed by atoms with Gasteiger partial charge in [-0.3, -0.25) is 0 Å². The fraction of sp³-hybridized carbons (Fsp3) is 0.333. The first-order valence-corrected chi connectivity index (χ1v) is 8.04. The minimum absolute atomic E-state index is 0.0234. The molecule has 0 saturated carbocycles. The summed E-state index contributed by atoms with van der Waals surface area (Å²) in [5.41, 5.74) is 0. The standard InChI is InChI=1S/C15H19NO3S/c1-11(2)15(10-17)16-20(18,19)14-8-7-12-5-3-4-6-13(12)9-14/h3-9,11,15-17H,10H2,1-2H3. The van der Waals surface area contributed by atoms with Crippen LogP contribution in [0.15, 0.2) is 47.4 Å². The number of hydrogen-bond donors (Lipinski definition) is 2. The van der Waals surface area contributed by atoms with E-state index in [2.05, 4.69) is 4.72 Å². The highest BCUT2D eigenvalue weighted by atomic mass is 32.2. The molecule has 1 atom stereocenters.